The number of aryl methyl sites for hydroxylation is 1. The van der Waals surface area contributed by atoms with Crippen LogP contribution >= 0.6 is 21.6 Å². The van der Waals surface area contributed by atoms with Crippen LogP contribution in [0.25, 0.3) is 0 Å². The fourth-order valence-electron chi connectivity index (χ4n) is 2.19. The molecule has 0 saturated carbocycles. The Kier molecular flexibility index (Phi) is 11.5. The van der Waals surface area contributed by atoms with Gasteiger partial charge in [0.25, 0.3) is 0 Å². The molecule has 10 heteroatoms. The first kappa shape index (κ1) is 25.1. The van der Waals surface area contributed by atoms with Crippen molar-refractivity contribution in [2.45, 2.75) is 39.2 Å². The normalized spacial score (nSPS) is 10.9. The van der Waals surface area contributed by atoms with Gasteiger partial charge in [0, 0.05) is 44.3 Å². The molecule has 0 aliphatic carbocycles. The molecule has 1 rings (SSSR count). The summed E-state index contributed by atoms with van der Waals surface area (Å²) in [6.07, 6.45) is 3.14. The second kappa shape index (κ2) is 13.3. The van der Waals surface area contributed by atoms with Crippen molar-refractivity contribution in [2.75, 3.05) is 37.0 Å². The molecule has 0 aliphatic rings. The van der Waals surface area contributed by atoms with E-state index in [1.807, 2.05) is 20.8 Å². The van der Waals surface area contributed by atoms with Crippen LogP contribution in [0, 0.1) is 0 Å². The molecule has 0 atom stereocenters. The minimum atomic E-state index is -0.598. The van der Waals surface area contributed by atoms with Gasteiger partial charge in [-0.05, 0) is 38.8 Å². The number of hydrogen-bond acceptors (Lipinski definition) is 8. The first-order chi connectivity index (χ1) is 13.8. The van der Waals surface area contributed by atoms with Gasteiger partial charge in [-0.25, -0.2) is 9.78 Å². The Bertz CT molecular complexity index is 681. The van der Waals surface area contributed by atoms with Gasteiger partial charge in [-0.2, -0.15) is 0 Å². The van der Waals surface area contributed by atoms with Gasteiger partial charge in [-0.1, -0.05) is 21.6 Å². The summed E-state index contributed by atoms with van der Waals surface area (Å²) in [5, 5.41) is 8.37. The van der Waals surface area contributed by atoms with E-state index in [0.29, 0.717) is 43.7 Å². The van der Waals surface area contributed by atoms with Crippen molar-refractivity contribution in [3.63, 3.8) is 0 Å². The van der Waals surface area contributed by atoms with Gasteiger partial charge in [-0.3, -0.25) is 9.59 Å². The molecular formula is C19H30N4O4S2. The molecule has 1 aromatic heterocycles. The highest BCUT2D eigenvalue weighted by atomic mass is 33.1. The Labute approximate surface area is 180 Å². The highest BCUT2D eigenvalue weighted by Crippen LogP contribution is 2.20. The molecule has 0 unspecified atom stereocenters. The summed E-state index contributed by atoms with van der Waals surface area (Å²) in [4.78, 5) is 38.8. The highest BCUT2D eigenvalue weighted by Gasteiger charge is 2.21. The largest absolute Gasteiger partial charge is 0.456 e. The number of esters is 1. The number of aromatic nitrogens is 1. The van der Waals surface area contributed by atoms with E-state index in [0.717, 1.165) is 17.1 Å². The van der Waals surface area contributed by atoms with Gasteiger partial charge in [0.05, 0.1) is 0 Å². The molecule has 0 spiro atoms. The van der Waals surface area contributed by atoms with E-state index in [1.54, 1.807) is 40.9 Å². The number of hydrogen-bond donors (Lipinski definition) is 3. The summed E-state index contributed by atoms with van der Waals surface area (Å²) in [7, 11) is 5.00. The summed E-state index contributed by atoms with van der Waals surface area (Å²) in [5.41, 5.74) is 0.560. The summed E-state index contributed by atoms with van der Waals surface area (Å²) in [6, 6.07) is 1.72. The molecule has 8 nitrogen and oxygen atoms in total. The second-order valence-electron chi connectivity index (χ2n) is 7.06. The Balaban J connectivity index is 2.43. The minimum absolute atomic E-state index is 0.0465. The zero-order valence-electron chi connectivity index (χ0n) is 17.4. The molecule has 0 aromatic carbocycles. The van der Waals surface area contributed by atoms with Crippen LogP contribution in [0.5, 0.6) is 0 Å². The first-order valence-corrected chi connectivity index (χ1v) is 11.8. The van der Waals surface area contributed by atoms with Crippen LogP contribution in [0.1, 0.15) is 43.1 Å². The quantitative estimate of drug-likeness (QED) is 0.185. The number of nitrogens with one attached hydrogen (secondary N) is 3. The van der Waals surface area contributed by atoms with Crippen LogP contribution in [0.15, 0.2) is 12.3 Å². The zero-order chi connectivity index (χ0) is 21.7. The van der Waals surface area contributed by atoms with Crippen molar-refractivity contribution < 1.29 is 19.1 Å². The van der Waals surface area contributed by atoms with Crippen molar-refractivity contribution >= 4 is 45.7 Å². The maximum Gasteiger partial charge on any atom is 0.342 e. The van der Waals surface area contributed by atoms with E-state index in [-0.39, 0.29) is 5.91 Å². The molecule has 2 amide bonds. The van der Waals surface area contributed by atoms with Gasteiger partial charge in [0.15, 0.2) is 0 Å². The number of rotatable bonds is 13. The van der Waals surface area contributed by atoms with Crippen molar-refractivity contribution in [1.82, 2.24) is 15.6 Å². The molecule has 0 saturated heterocycles. The fraction of sp³-hybridized carbons (Fsp3) is 0.579. The van der Waals surface area contributed by atoms with Crippen LogP contribution in [0.3, 0.4) is 0 Å². The summed E-state index contributed by atoms with van der Waals surface area (Å²) >= 11 is 0. The second-order valence-corrected chi connectivity index (χ2v) is 9.76. The molecule has 0 aliphatic heterocycles. The molecular weight excluding hydrogens is 412 g/mol. The standard InChI is InChI=1S/C19H30N4O4S2/c1-19(2,3)27-18(26)15-11-14(12-23-17(15)20-4)5-6-16(25)22-8-10-29-28-9-7-21-13-24/h11-13H,5-10H2,1-4H3,(H,20,23)(H,21,24)(H,22,25). The number of carbonyl (C=O) groups excluding carboxylic acids is 3. The van der Waals surface area contributed by atoms with Gasteiger partial charge in [0.2, 0.25) is 12.3 Å². The Hall–Kier alpha value is -1.94. The van der Waals surface area contributed by atoms with Crippen molar-refractivity contribution in [1.29, 1.82) is 0 Å². The van der Waals surface area contributed by atoms with Crippen LogP contribution in [0.2, 0.25) is 0 Å². The summed E-state index contributed by atoms with van der Waals surface area (Å²) in [5.74, 6) is 1.57. The number of ether oxygens (including phenoxy) is 1. The number of nitrogens with zero attached hydrogens (tertiary/aromatic N) is 1. The van der Waals surface area contributed by atoms with E-state index in [1.165, 1.54) is 0 Å². The van der Waals surface area contributed by atoms with Crippen LogP contribution in [-0.4, -0.2) is 60.5 Å². The maximum absolute atomic E-state index is 12.4. The third-order valence-corrected chi connectivity index (χ3v) is 5.85. The number of amides is 2. The van der Waals surface area contributed by atoms with E-state index in [2.05, 4.69) is 20.9 Å². The molecule has 3 N–H and O–H groups in total. The van der Waals surface area contributed by atoms with Gasteiger partial charge in [0.1, 0.15) is 17.0 Å². The van der Waals surface area contributed by atoms with Gasteiger partial charge in [-0.15, -0.1) is 0 Å². The number of anilines is 1. The molecule has 29 heavy (non-hydrogen) atoms. The van der Waals surface area contributed by atoms with Crippen molar-refractivity contribution in [3.05, 3.63) is 23.4 Å². The number of carbonyl (C=O) groups is 3. The predicted octanol–water partition coefficient (Wildman–Crippen LogP) is 2.25. The zero-order valence-corrected chi connectivity index (χ0v) is 19.0. The van der Waals surface area contributed by atoms with Gasteiger partial charge >= 0.3 is 5.97 Å². The van der Waals surface area contributed by atoms with E-state index < -0.39 is 11.6 Å². The highest BCUT2D eigenvalue weighted by molar-refractivity contribution is 8.76. The van der Waals surface area contributed by atoms with E-state index in [9.17, 15) is 14.4 Å². The van der Waals surface area contributed by atoms with Crippen LogP contribution < -0.4 is 16.0 Å². The molecule has 1 heterocycles. The van der Waals surface area contributed by atoms with Crippen molar-refractivity contribution in [2.24, 2.45) is 0 Å². The average molecular weight is 443 g/mol. The maximum atomic E-state index is 12.4. The third-order valence-electron chi connectivity index (χ3n) is 3.44. The summed E-state index contributed by atoms with van der Waals surface area (Å²) in [6.45, 7) is 6.65. The SMILES string of the molecule is CNc1ncc(CCC(=O)NCCSSCCNC=O)cc1C(=O)OC(C)(C)C. The molecule has 0 bridgehead atoms. The molecule has 0 fully saturated rings. The average Bonchev–Trinajstić information content (AvgIpc) is 2.66. The Morgan fingerprint density at radius 3 is 2.52 bits per heavy atom. The van der Waals surface area contributed by atoms with Crippen LogP contribution in [-0.2, 0) is 20.7 Å². The van der Waals surface area contributed by atoms with Crippen molar-refractivity contribution in [3.8, 4) is 0 Å². The molecule has 1 aromatic rings. The molecule has 0 radical (unpaired) electrons. The first-order valence-electron chi connectivity index (χ1n) is 9.35. The minimum Gasteiger partial charge on any atom is -0.456 e. The fourth-order valence-corrected chi connectivity index (χ4v) is 4.02. The molecule has 162 valence electrons. The van der Waals surface area contributed by atoms with Crippen LogP contribution in [0.4, 0.5) is 5.82 Å². The smallest absolute Gasteiger partial charge is 0.342 e. The lowest BCUT2D eigenvalue weighted by molar-refractivity contribution is -0.121. The monoisotopic (exact) mass is 442 g/mol. The lowest BCUT2D eigenvalue weighted by atomic mass is 10.1. The van der Waals surface area contributed by atoms with E-state index >= 15 is 0 Å². The Morgan fingerprint density at radius 1 is 1.21 bits per heavy atom. The summed E-state index contributed by atoms with van der Waals surface area (Å²) < 4.78 is 5.43. The topological polar surface area (TPSA) is 109 Å². The lowest BCUT2D eigenvalue weighted by Gasteiger charge is -2.20. The van der Waals surface area contributed by atoms with Gasteiger partial charge < -0.3 is 20.7 Å². The predicted molar refractivity (Wildman–Crippen MR) is 119 cm³/mol. The Morgan fingerprint density at radius 2 is 1.90 bits per heavy atom. The number of pyridine rings is 1. The third kappa shape index (κ3) is 11.0. The lowest BCUT2D eigenvalue weighted by Crippen LogP contribution is -2.26. The van der Waals surface area contributed by atoms with E-state index in [4.69, 9.17) is 4.74 Å².